The molecule has 0 atom stereocenters. The molecule has 0 saturated heterocycles. The molecule has 1 nitrogen and oxygen atoms in total. The quantitative estimate of drug-likeness (QED) is 0.729. The molecule has 72 valence electrons. The van der Waals surface area contributed by atoms with Gasteiger partial charge in [-0.2, -0.15) is 5.26 Å². The van der Waals surface area contributed by atoms with Crippen LogP contribution in [0.3, 0.4) is 0 Å². The van der Waals surface area contributed by atoms with E-state index in [1.807, 2.05) is 13.0 Å². The molecule has 0 unspecified atom stereocenters. The second-order valence-electron chi connectivity index (χ2n) is 2.77. The Hall–Kier alpha value is -1.33. The van der Waals surface area contributed by atoms with Crippen molar-refractivity contribution >= 4 is 16.6 Å². The topological polar surface area (TPSA) is 23.8 Å². The van der Waals surface area contributed by atoms with E-state index in [1.165, 1.54) is 12.1 Å². The average Bonchev–Trinajstić information content (AvgIpc) is 2.19. The summed E-state index contributed by atoms with van der Waals surface area (Å²) in [5.74, 6) is -0.516. The van der Waals surface area contributed by atoms with Gasteiger partial charge >= 0.3 is 0 Å². The molecule has 0 aromatic heterocycles. The summed E-state index contributed by atoms with van der Waals surface area (Å²) in [6, 6.07) is 6.03. The van der Waals surface area contributed by atoms with Crippen LogP contribution in [0.1, 0.15) is 24.5 Å². The predicted molar refractivity (Wildman–Crippen MR) is 55.2 cm³/mol. The molecule has 0 fully saturated rings. The summed E-state index contributed by atoms with van der Waals surface area (Å²) in [4.78, 5) is 0. The molecule has 1 aromatic carbocycles. The number of halogens is 2. The minimum atomic E-state index is -0.516. The third kappa shape index (κ3) is 2.34. The van der Waals surface area contributed by atoms with Crippen molar-refractivity contribution in [2.24, 2.45) is 0 Å². The molecular formula is C11H9ClFN. The lowest BCUT2D eigenvalue weighted by Gasteiger charge is -2.00. The molecule has 0 aliphatic carbocycles. The van der Waals surface area contributed by atoms with Crippen molar-refractivity contribution in [3.63, 3.8) is 0 Å². The van der Waals surface area contributed by atoms with Crippen molar-refractivity contribution in [3.05, 3.63) is 41.2 Å². The van der Waals surface area contributed by atoms with Gasteiger partial charge in [-0.05, 0) is 24.1 Å². The van der Waals surface area contributed by atoms with Crippen LogP contribution in [0.2, 0.25) is 0 Å². The monoisotopic (exact) mass is 209 g/mol. The van der Waals surface area contributed by atoms with Crippen LogP contribution in [0.4, 0.5) is 4.39 Å². The van der Waals surface area contributed by atoms with E-state index in [9.17, 15) is 4.39 Å². The third-order valence-corrected chi connectivity index (χ3v) is 2.12. The van der Waals surface area contributed by atoms with Crippen LogP contribution >= 0.6 is 11.6 Å². The maximum atomic E-state index is 12.9. The van der Waals surface area contributed by atoms with E-state index in [-0.39, 0.29) is 5.56 Å². The summed E-state index contributed by atoms with van der Waals surface area (Å²) in [5.41, 5.74) is 0.691. The van der Waals surface area contributed by atoms with Gasteiger partial charge in [-0.1, -0.05) is 30.7 Å². The highest BCUT2D eigenvalue weighted by atomic mass is 35.5. The first-order chi connectivity index (χ1) is 6.69. The summed E-state index contributed by atoms with van der Waals surface area (Å²) >= 11 is 5.92. The van der Waals surface area contributed by atoms with Crippen LogP contribution in [0.5, 0.6) is 0 Å². The number of nitriles is 1. The lowest BCUT2D eigenvalue weighted by molar-refractivity contribution is 0.624. The molecule has 1 aromatic rings. The Bertz CT molecular complexity index is 404. The number of nitrogens with zero attached hydrogens (tertiary/aromatic N) is 1. The Kier molecular flexibility index (Phi) is 3.67. The average molecular weight is 210 g/mol. The normalized spacial score (nSPS) is 11.1. The summed E-state index contributed by atoms with van der Waals surface area (Å²) in [6.45, 7) is 1.96. The summed E-state index contributed by atoms with van der Waals surface area (Å²) in [5, 5.41) is 9.15. The highest BCUT2D eigenvalue weighted by molar-refractivity contribution is 6.48. The first-order valence-electron chi connectivity index (χ1n) is 4.24. The fraction of sp³-hybridized carbons (Fsp3) is 0.182. The summed E-state index contributed by atoms with van der Waals surface area (Å²) in [7, 11) is 0. The molecule has 0 spiro atoms. The van der Waals surface area contributed by atoms with Crippen LogP contribution < -0.4 is 0 Å². The number of hydrogen-bond donors (Lipinski definition) is 0. The molecule has 0 aliphatic rings. The lowest BCUT2D eigenvalue weighted by atomic mass is 10.1. The van der Waals surface area contributed by atoms with Gasteiger partial charge in [0.25, 0.3) is 0 Å². The number of allylic oxidation sites excluding steroid dienone is 1. The molecule has 0 aliphatic heterocycles. The standard InChI is InChI=1S/C11H9ClFN/c1-2-3-10(12)8-4-5-11(13)9(6-8)7-14/h3-6H,2H2,1H3. The Morgan fingerprint density at radius 3 is 2.93 bits per heavy atom. The molecule has 0 N–H and O–H groups in total. The zero-order valence-corrected chi connectivity index (χ0v) is 8.48. The molecular weight excluding hydrogens is 201 g/mol. The van der Waals surface area contributed by atoms with E-state index in [4.69, 9.17) is 16.9 Å². The lowest BCUT2D eigenvalue weighted by Crippen LogP contribution is -1.86. The summed E-state index contributed by atoms with van der Waals surface area (Å²) < 4.78 is 12.9. The van der Waals surface area contributed by atoms with Crippen LogP contribution in [0.25, 0.3) is 5.03 Å². The van der Waals surface area contributed by atoms with Crippen molar-refractivity contribution in [2.45, 2.75) is 13.3 Å². The van der Waals surface area contributed by atoms with E-state index in [2.05, 4.69) is 0 Å². The summed E-state index contributed by atoms with van der Waals surface area (Å²) in [6.07, 6.45) is 2.62. The molecule has 0 saturated carbocycles. The van der Waals surface area contributed by atoms with E-state index in [0.29, 0.717) is 10.6 Å². The van der Waals surface area contributed by atoms with Gasteiger partial charge in [0.1, 0.15) is 11.9 Å². The van der Waals surface area contributed by atoms with Gasteiger partial charge in [0.05, 0.1) is 5.56 Å². The number of hydrogen-bond acceptors (Lipinski definition) is 1. The molecule has 14 heavy (non-hydrogen) atoms. The van der Waals surface area contributed by atoms with E-state index < -0.39 is 5.82 Å². The zero-order valence-electron chi connectivity index (χ0n) is 7.72. The minimum absolute atomic E-state index is 0.0187. The second-order valence-corrected chi connectivity index (χ2v) is 3.17. The fourth-order valence-electron chi connectivity index (χ4n) is 1.06. The van der Waals surface area contributed by atoms with E-state index >= 15 is 0 Å². The molecule has 0 heterocycles. The molecule has 1 rings (SSSR count). The minimum Gasteiger partial charge on any atom is -0.206 e. The van der Waals surface area contributed by atoms with Gasteiger partial charge in [0.2, 0.25) is 0 Å². The molecule has 0 amide bonds. The molecule has 0 bridgehead atoms. The van der Waals surface area contributed by atoms with Gasteiger partial charge < -0.3 is 0 Å². The molecule has 3 heteroatoms. The van der Waals surface area contributed by atoms with E-state index in [1.54, 1.807) is 12.1 Å². The van der Waals surface area contributed by atoms with Crippen LogP contribution in [0, 0.1) is 17.1 Å². The SMILES string of the molecule is CCC=C(Cl)c1ccc(F)c(C#N)c1. The largest absolute Gasteiger partial charge is 0.206 e. The smallest absolute Gasteiger partial charge is 0.140 e. The van der Waals surface area contributed by atoms with Gasteiger partial charge in [0.15, 0.2) is 0 Å². The Morgan fingerprint density at radius 1 is 1.64 bits per heavy atom. The predicted octanol–water partition coefficient (Wildman–Crippen LogP) is 3.69. The van der Waals surface area contributed by atoms with Gasteiger partial charge in [-0.25, -0.2) is 4.39 Å². The number of benzene rings is 1. The van der Waals surface area contributed by atoms with Gasteiger partial charge in [-0.15, -0.1) is 0 Å². The fourth-order valence-corrected chi connectivity index (χ4v) is 1.33. The van der Waals surface area contributed by atoms with Crippen molar-refractivity contribution in [3.8, 4) is 6.07 Å². The van der Waals surface area contributed by atoms with Crippen molar-refractivity contribution < 1.29 is 4.39 Å². The highest BCUT2D eigenvalue weighted by Crippen LogP contribution is 2.21. The number of rotatable bonds is 2. The second kappa shape index (κ2) is 4.78. The Balaban J connectivity index is 3.14. The van der Waals surface area contributed by atoms with Crippen LogP contribution in [-0.2, 0) is 0 Å². The first-order valence-corrected chi connectivity index (χ1v) is 4.62. The Labute approximate surface area is 87.4 Å². The maximum absolute atomic E-state index is 12.9. The Morgan fingerprint density at radius 2 is 2.36 bits per heavy atom. The maximum Gasteiger partial charge on any atom is 0.140 e. The first kappa shape index (κ1) is 10.7. The van der Waals surface area contributed by atoms with Crippen LogP contribution in [-0.4, -0.2) is 0 Å². The molecule has 0 radical (unpaired) electrons. The zero-order chi connectivity index (χ0) is 10.6. The third-order valence-electron chi connectivity index (χ3n) is 1.75. The van der Waals surface area contributed by atoms with Crippen molar-refractivity contribution in [2.75, 3.05) is 0 Å². The van der Waals surface area contributed by atoms with Crippen molar-refractivity contribution in [1.82, 2.24) is 0 Å². The van der Waals surface area contributed by atoms with Gasteiger partial charge in [0, 0.05) is 5.03 Å². The van der Waals surface area contributed by atoms with Crippen molar-refractivity contribution in [1.29, 1.82) is 5.26 Å². The van der Waals surface area contributed by atoms with Gasteiger partial charge in [-0.3, -0.25) is 0 Å². The van der Waals surface area contributed by atoms with Crippen LogP contribution in [0.15, 0.2) is 24.3 Å². The van der Waals surface area contributed by atoms with E-state index in [0.717, 1.165) is 6.42 Å². The highest BCUT2D eigenvalue weighted by Gasteiger charge is 2.04.